The van der Waals surface area contributed by atoms with E-state index >= 15 is 0 Å². The molecular formula is C16H19NO. The van der Waals surface area contributed by atoms with Crippen LogP contribution in [-0.2, 0) is 0 Å². The molecule has 0 aliphatic heterocycles. The van der Waals surface area contributed by atoms with Crippen LogP contribution in [0.25, 0.3) is 0 Å². The summed E-state index contributed by atoms with van der Waals surface area (Å²) < 4.78 is 0. The molecule has 18 heavy (non-hydrogen) atoms. The Kier molecular flexibility index (Phi) is 3.88. The van der Waals surface area contributed by atoms with Crippen LogP contribution in [0.15, 0.2) is 54.6 Å². The molecule has 0 aliphatic carbocycles. The highest BCUT2D eigenvalue weighted by Crippen LogP contribution is 2.27. The number of nitrogens with one attached hydrogen (secondary N) is 1. The molecule has 2 aromatic rings. The Bertz CT molecular complexity index is 493. The number of rotatable bonds is 4. The number of benzene rings is 2. The molecule has 0 radical (unpaired) electrons. The fourth-order valence-corrected chi connectivity index (χ4v) is 2.07. The smallest absolute Gasteiger partial charge is 0.117 e. The molecule has 2 heteroatoms. The molecule has 0 aliphatic rings. The topological polar surface area (TPSA) is 32.3 Å². The van der Waals surface area contributed by atoms with Crippen LogP contribution in [0.5, 0.6) is 5.75 Å². The fourth-order valence-electron chi connectivity index (χ4n) is 2.07. The summed E-state index contributed by atoms with van der Waals surface area (Å²) in [5.74, 6) is 0.755. The van der Waals surface area contributed by atoms with Gasteiger partial charge in [-0.3, -0.25) is 0 Å². The van der Waals surface area contributed by atoms with Gasteiger partial charge >= 0.3 is 0 Å². The minimum Gasteiger partial charge on any atom is -0.508 e. The average Bonchev–Trinajstić information content (AvgIpc) is 2.37. The van der Waals surface area contributed by atoms with Crippen molar-refractivity contribution in [1.82, 2.24) is 0 Å². The van der Waals surface area contributed by atoms with E-state index in [1.165, 1.54) is 5.56 Å². The second-order valence-corrected chi connectivity index (χ2v) is 4.83. The van der Waals surface area contributed by atoms with Gasteiger partial charge in [0.05, 0.1) is 6.04 Å². The lowest BCUT2D eigenvalue weighted by Crippen LogP contribution is -2.16. The first-order chi connectivity index (χ1) is 8.66. The Balaban J connectivity index is 2.22. The van der Waals surface area contributed by atoms with Crippen LogP contribution in [-0.4, -0.2) is 5.11 Å². The van der Waals surface area contributed by atoms with E-state index in [0.29, 0.717) is 5.92 Å². The molecule has 0 saturated heterocycles. The van der Waals surface area contributed by atoms with Gasteiger partial charge in [-0.1, -0.05) is 50.2 Å². The Hall–Kier alpha value is -1.96. The molecule has 1 atom stereocenters. The number of aromatic hydroxyl groups is 1. The lowest BCUT2D eigenvalue weighted by Gasteiger charge is -2.24. The fraction of sp³-hybridized carbons (Fsp3) is 0.250. The third-order valence-electron chi connectivity index (χ3n) is 2.99. The van der Waals surface area contributed by atoms with Crippen molar-refractivity contribution in [2.75, 3.05) is 5.32 Å². The Labute approximate surface area is 108 Å². The van der Waals surface area contributed by atoms with E-state index in [1.807, 2.05) is 18.2 Å². The first kappa shape index (κ1) is 12.5. The summed E-state index contributed by atoms with van der Waals surface area (Å²) in [5, 5.41) is 13.0. The minimum atomic E-state index is 0.244. The zero-order chi connectivity index (χ0) is 13.0. The summed E-state index contributed by atoms with van der Waals surface area (Å²) in [4.78, 5) is 0. The molecule has 0 saturated carbocycles. The van der Waals surface area contributed by atoms with Crippen LogP contribution in [0.3, 0.4) is 0 Å². The van der Waals surface area contributed by atoms with Crippen molar-refractivity contribution in [3.63, 3.8) is 0 Å². The molecule has 0 heterocycles. The normalized spacial score (nSPS) is 12.4. The van der Waals surface area contributed by atoms with E-state index in [-0.39, 0.29) is 11.8 Å². The van der Waals surface area contributed by atoms with E-state index in [1.54, 1.807) is 12.1 Å². The van der Waals surface area contributed by atoms with Crippen LogP contribution in [0.4, 0.5) is 5.69 Å². The van der Waals surface area contributed by atoms with Gasteiger partial charge in [0.1, 0.15) is 5.75 Å². The van der Waals surface area contributed by atoms with E-state index in [0.717, 1.165) is 5.69 Å². The van der Waals surface area contributed by atoms with Crippen LogP contribution in [0, 0.1) is 5.92 Å². The quantitative estimate of drug-likeness (QED) is 0.840. The van der Waals surface area contributed by atoms with E-state index in [2.05, 4.69) is 43.4 Å². The molecule has 2 nitrogen and oxygen atoms in total. The monoisotopic (exact) mass is 241 g/mol. The highest BCUT2D eigenvalue weighted by molar-refractivity contribution is 5.49. The maximum atomic E-state index is 9.50. The van der Waals surface area contributed by atoms with Gasteiger partial charge in [-0.2, -0.15) is 0 Å². The largest absolute Gasteiger partial charge is 0.508 e. The summed E-state index contributed by atoms with van der Waals surface area (Å²) in [6, 6.07) is 17.9. The molecule has 0 bridgehead atoms. The molecule has 2 rings (SSSR count). The van der Waals surface area contributed by atoms with Crippen LogP contribution < -0.4 is 5.32 Å². The van der Waals surface area contributed by atoms with Gasteiger partial charge in [0.25, 0.3) is 0 Å². The predicted octanol–water partition coefficient (Wildman–Crippen LogP) is 4.20. The van der Waals surface area contributed by atoms with Crippen molar-refractivity contribution >= 4 is 5.69 Å². The molecule has 1 unspecified atom stereocenters. The molecular weight excluding hydrogens is 222 g/mol. The third kappa shape index (κ3) is 3.04. The van der Waals surface area contributed by atoms with Gasteiger partial charge in [0, 0.05) is 11.8 Å². The van der Waals surface area contributed by atoms with E-state index in [4.69, 9.17) is 0 Å². The van der Waals surface area contributed by atoms with Crippen LogP contribution >= 0.6 is 0 Å². The second kappa shape index (κ2) is 5.58. The zero-order valence-corrected chi connectivity index (χ0v) is 10.8. The van der Waals surface area contributed by atoms with E-state index in [9.17, 15) is 5.11 Å². The van der Waals surface area contributed by atoms with Crippen molar-refractivity contribution in [1.29, 1.82) is 0 Å². The molecule has 0 aromatic heterocycles. The molecule has 94 valence electrons. The van der Waals surface area contributed by atoms with Crippen LogP contribution in [0.1, 0.15) is 25.5 Å². The Morgan fingerprint density at radius 3 is 2.28 bits per heavy atom. The number of hydrogen-bond acceptors (Lipinski definition) is 2. The van der Waals surface area contributed by atoms with Crippen molar-refractivity contribution in [2.45, 2.75) is 19.9 Å². The van der Waals surface area contributed by atoms with Crippen molar-refractivity contribution in [2.24, 2.45) is 5.92 Å². The third-order valence-corrected chi connectivity index (χ3v) is 2.99. The highest BCUT2D eigenvalue weighted by Gasteiger charge is 2.15. The highest BCUT2D eigenvalue weighted by atomic mass is 16.3. The lowest BCUT2D eigenvalue weighted by atomic mass is 9.96. The Morgan fingerprint density at radius 1 is 0.944 bits per heavy atom. The van der Waals surface area contributed by atoms with Gasteiger partial charge in [-0.25, -0.2) is 0 Å². The summed E-state index contributed by atoms with van der Waals surface area (Å²) in [7, 11) is 0. The standard InChI is InChI=1S/C16H19NO/c1-12(2)16(13-7-4-3-5-8-13)17-14-9-6-10-15(18)11-14/h3-12,16-18H,1-2H3. The first-order valence-corrected chi connectivity index (χ1v) is 6.27. The number of phenolic OH excluding ortho intramolecular Hbond substituents is 1. The predicted molar refractivity (Wildman–Crippen MR) is 75.8 cm³/mol. The van der Waals surface area contributed by atoms with Gasteiger partial charge in [0.15, 0.2) is 0 Å². The van der Waals surface area contributed by atoms with Gasteiger partial charge in [-0.05, 0) is 23.6 Å². The average molecular weight is 241 g/mol. The van der Waals surface area contributed by atoms with Crippen LogP contribution in [0.2, 0.25) is 0 Å². The molecule has 2 N–H and O–H groups in total. The van der Waals surface area contributed by atoms with Gasteiger partial charge in [0.2, 0.25) is 0 Å². The maximum Gasteiger partial charge on any atom is 0.117 e. The van der Waals surface area contributed by atoms with Gasteiger partial charge < -0.3 is 10.4 Å². The summed E-state index contributed by atoms with van der Waals surface area (Å²) >= 11 is 0. The number of anilines is 1. The number of phenols is 1. The van der Waals surface area contributed by atoms with Gasteiger partial charge in [-0.15, -0.1) is 0 Å². The summed E-state index contributed by atoms with van der Waals surface area (Å²) in [6.45, 7) is 4.38. The zero-order valence-electron chi connectivity index (χ0n) is 10.8. The molecule has 2 aromatic carbocycles. The Morgan fingerprint density at radius 2 is 1.67 bits per heavy atom. The second-order valence-electron chi connectivity index (χ2n) is 4.83. The van der Waals surface area contributed by atoms with Crippen molar-refractivity contribution in [3.8, 4) is 5.75 Å². The number of hydrogen-bond donors (Lipinski definition) is 2. The van der Waals surface area contributed by atoms with Crippen molar-refractivity contribution in [3.05, 3.63) is 60.2 Å². The van der Waals surface area contributed by atoms with Crippen molar-refractivity contribution < 1.29 is 5.11 Å². The first-order valence-electron chi connectivity index (χ1n) is 6.27. The minimum absolute atomic E-state index is 0.244. The molecule has 0 fully saturated rings. The molecule has 0 spiro atoms. The molecule has 0 amide bonds. The lowest BCUT2D eigenvalue weighted by molar-refractivity contribution is 0.475. The van der Waals surface area contributed by atoms with E-state index < -0.39 is 0 Å². The maximum absolute atomic E-state index is 9.50. The summed E-state index contributed by atoms with van der Waals surface area (Å²) in [6.07, 6.45) is 0. The summed E-state index contributed by atoms with van der Waals surface area (Å²) in [5.41, 5.74) is 2.20. The SMILES string of the molecule is CC(C)C(Nc1cccc(O)c1)c1ccccc1.